The minimum Gasteiger partial charge on any atom is -0.488 e. The van der Waals surface area contributed by atoms with Crippen LogP contribution in [0.15, 0.2) is 48.5 Å². The summed E-state index contributed by atoms with van der Waals surface area (Å²) in [6, 6.07) is 12.6. The molecular formula is C18H11FN2O4S. The second-order valence-corrected chi connectivity index (χ2v) is 6.68. The van der Waals surface area contributed by atoms with Gasteiger partial charge in [-0.25, -0.2) is 0 Å². The molecule has 8 heteroatoms. The van der Waals surface area contributed by atoms with Crippen LogP contribution in [0.1, 0.15) is 15.2 Å². The lowest BCUT2D eigenvalue weighted by Gasteiger charge is -2.16. The summed E-state index contributed by atoms with van der Waals surface area (Å²) in [6.07, 6.45) is 0. The summed E-state index contributed by atoms with van der Waals surface area (Å²) in [5, 5.41) is 13.4. The number of nitrogens with one attached hydrogen (secondary N) is 1. The summed E-state index contributed by atoms with van der Waals surface area (Å²) >= 11 is 1.32. The number of carbonyl (C=O) groups is 1. The van der Waals surface area contributed by atoms with Gasteiger partial charge < -0.3 is 10.1 Å². The average molecular weight is 370 g/mol. The number of nitro groups is 1. The molecule has 2 aromatic carbocycles. The lowest BCUT2D eigenvalue weighted by molar-refractivity contribution is -0.387. The van der Waals surface area contributed by atoms with Crippen molar-refractivity contribution in [1.82, 2.24) is 0 Å². The zero-order valence-electron chi connectivity index (χ0n) is 13.2. The van der Waals surface area contributed by atoms with Crippen LogP contribution in [0.2, 0.25) is 0 Å². The van der Waals surface area contributed by atoms with Gasteiger partial charge in [-0.05, 0) is 30.3 Å². The van der Waals surface area contributed by atoms with Gasteiger partial charge in [0.15, 0.2) is 0 Å². The Labute approximate surface area is 151 Å². The third-order valence-corrected chi connectivity index (χ3v) is 5.16. The van der Waals surface area contributed by atoms with E-state index in [0.29, 0.717) is 11.5 Å². The molecule has 130 valence electrons. The van der Waals surface area contributed by atoms with E-state index in [9.17, 15) is 19.3 Å². The molecule has 3 aromatic rings. The minimum atomic E-state index is -0.951. The first-order valence-corrected chi connectivity index (χ1v) is 8.45. The standard InChI is InChI=1S/C18H11FN2O4S/c19-13-6-5-11(8-14(13)21(23)24)20-18(22)16-7-10-9-25-15-4-2-1-3-12(15)17(10)26-16/h1-8H,9H2,(H,20,22). The van der Waals surface area contributed by atoms with Crippen molar-refractivity contribution in [1.29, 1.82) is 0 Å². The highest BCUT2D eigenvalue weighted by atomic mass is 32.1. The van der Waals surface area contributed by atoms with Gasteiger partial charge in [0.1, 0.15) is 12.4 Å². The lowest BCUT2D eigenvalue weighted by Crippen LogP contribution is -2.10. The van der Waals surface area contributed by atoms with E-state index in [1.54, 1.807) is 6.07 Å². The number of ether oxygens (including phenoxy) is 1. The number of rotatable bonds is 3. The van der Waals surface area contributed by atoms with E-state index in [0.717, 1.165) is 33.9 Å². The van der Waals surface area contributed by atoms with Crippen LogP contribution in [0.25, 0.3) is 10.4 Å². The van der Waals surface area contributed by atoms with Crippen molar-refractivity contribution in [3.05, 3.63) is 74.9 Å². The Bertz CT molecular complexity index is 1050. The van der Waals surface area contributed by atoms with Gasteiger partial charge in [-0.3, -0.25) is 14.9 Å². The number of hydrogen-bond acceptors (Lipinski definition) is 5. The first-order valence-electron chi connectivity index (χ1n) is 7.63. The summed E-state index contributed by atoms with van der Waals surface area (Å²) in [5.41, 5.74) is 1.31. The molecule has 2 heterocycles. The number of carbonyl (C=O) groups excluding carboxylic acids is 1. The maximum atomic E-state index is 13.4. The van der Waals surface area contributed by atoms with Crippen molar-refractivity contribution in [3.8, 4) is 16.2 Å². The van der Waals surface area contributed by atoms with Gasteiger partial charge in [0.25, 0.3) is 5.91 Å². The smallest absolute Gasteiger partial charge is 0.306 e. The van der Waals surface area contributed by atoms with Gasteiger partial charge in [0.2, 0.25) is 5.82 Å². The minimum absolute atomic E-state index is 0.158. The highest BCUT2D eigenvalue weighted by Gasteiger charge is 2.23. The molecule has 6 nitrogen and oxygen atoms in total. The number of nitrogens with zero attached hydrogens (tertiary/aromatic N) is 1. The quantitative estimate of drug-likeness (QED) is 0.539. The molecule has 0 unspecified atom stereocenters. The summed E-state index contributed by atoms with van der Waals surface area (Å²) in [6.45, 7) is 0.373. The third kappa shape index (κ3) is 2.80. The van der Waals surface area contributed by atoms with Crippen LogP contribution in [0.5, 0.6) is 5.75 Å². The number of para-hydroxylation sites is 1. The van der Waals surface area contributed by atoms with Gasteiger partial charge >= 0.3 is 5.69 Å². The maximum absolute atomic E-state index is 13.4. The zero-order valence-corrected chi connectivity index (χ0v) is 14.0. The fourth-order valence-electron chi connectivity index (χ4n) is 2.73. The average Bonchev–Trinajstić information content (AvgIpc) is 3.08. The number of amides is 1. The number of hydrogen-bond donors (Lipinski definition) is 1. The van der Waals surface area contributed by atoms with Crippen LogP contribution in [0.3, 0.4) is 0 Å². The molecule has 1 amide bonds. The highest BCUT2D eigenvalue weighted by Crippen LogP contribution is 2.42. The van der Waals surface area contributed by atoms with Crippen molar-refractivity contribution < 1.29 is 18.8 Å². The van der Waals surface area contributed by atoms with Crippen LogP contribution in [-0.4, -0.2) is 10.8 Å². The molecule has 0 atom stereocenters. The van der Waals surface area contributed by atoms with E-state index in [-0.39, 0.29) is 5.69 Å². The first-order chi connectivity index (χ1) is 12.5. The third-order valence-electron chi connectivity index (χ3n) is 3.95. The van der Waals surface area contributed by atoms with Gasteiger partial charge in [-0.2, -0.15) is 4.39 Å². The van der Waals surface area contributed by atoms with E-state index < -0.39 is 22.3 Å². The molecule has 0 radical (unpaired) electrons. The normalized spacial score (nSPS) is 11.9. The summed E-state index contributed by atoms with van der Waals surface area (Å²) in [4.78, 5) is 23.9. The largest absolute Gasteiger partial charge is 0.488 e. The van der Waals surface area contributed by atoms with Crippen molar-refractivity contribution in [3.63, 3.8) is 0 Å². The highest BCUT2D eigenvalue weighted by molar-refractivity contribution is 7.17. The number of nitro benzene ring substituents is 1. The van der Waals surface area contributed by atoms with Crippen molar-refractivity contribution in [2.75, 3.05) is 5.32 Å². The summed E-state index contributed by atoms with van der Waals surface area (Å²) in [5.74, 6) is -0.598. The van der Waals surface area contributed by atoms with E-state index in [4.69, 9.17) is 4.74 Å². The summed E-state index contributed by atoms with van der Waals surface area (Å²) in [7, 11) is 0. The van der Waals surface area contributed by atoms with E-state index in [2.05, 4.69) is 5.32 Å². The topological polar surface area (TPSA) is 81.5 Å². The second kappa shape index (κ2) is 6.23. The van der Waals surface area contributed by atoms with Crippen LogP contribution < -0.4 is 10.1 Å². The fourth-order valence-corrected chi connectivity index (χ4v) is 3.83. The molecule has 4 rings (SSSR count). The maximum Gasteiger partial charge on any atom is 0.306 e. The van der Waals surface area contributed by atoms with Gasteiger partial charge in [-0.1, -0.05) is 12.1 Å². The number of thiophene rings is 1. The number of anilines is 1. The Morgan fingerprint density at radius 3 is 2.85 bits per heavy atom. The Hall–Kier alpha value is -3.26. The molecule has 0 saturated heterocycles. The van der Waals surface area contributed by atoms with Crippen LogP contribution in [0.4, 0.5) is 15.8 Å². The predicted molar refractivity (Wildman–Crippen MR) is 95.1 cm³/mol. The molecule has 0 saturated carbocycles. The Balaban J connectivity index is 1.62. The predicted octanol–water partition coefficient (Wildman–Crippen LogP) is 4.61. The van der Waals surface area contributed by atoms with Crippen molar-refractivity contribution >= 4 is 28.6 Å². The SMILES string of the molecule is O=C(Nc1ccc(F)c([N+](=O)[O-])c1)c1cc2c(s1)-c1ccccc1OC2. The van der Waals surface area contributed by atoms with Gasteiger partial charge in [0.05, 0.1) is 9.80 Å². The Kier molecular flexibility index (Phi) is 3.89. The second-order valence-electron chi connectivity index (χ2n) is 5.63. The van der Waals surface area contributed by atoms with E-state index in [1.807, 2.05) is 24.3 Å². The van der Waals surface area contributed by atoms with Crippen LogP contribution in [-0.2, 0) is 6.61 Å². The molecule has 26 heavy (non-hydrogen) atoms. The fraction of sp³-hybridized carbons (Fsp3) is 0.0556. The lowest BCUT2D eigenvalue weighted by atomic mass is 10.1. The molecule has 0 bridgehead atoms. The van der Waals surface area contributed by atoms with Crippen molar-refractivity contribution in [2.45, 2.75) is 6.61 Å². The number of halogens is 1. The van der Waals surface area contributed by atoms with Crippen molar-refractivity contribution in [2.24, 2.45) is 0 Å². The summed E-state index contributed by atoms with van der Waals surface area (Å²) < 4.78 is 19.1. The van der Waals surface area contributed by atoms with E-state index in [1.165, 1.54) is 17.4 Å². The van der Waals surface area contributed by atoms with Crippen LogP contribution >= 0.6 is 11.3 Å². The number of fused-ring (bicyclic) bond motifs is 3. The van der Waals surface area contributed by atoms with E-state index >= 15 is 0 Å². The van der Waals surface area contributed by atoms with Crippen LogP contribution in [0, 0.1) is 15.9 Å². The Morgan fingerprint density at radius 2 is 2.04 bits per heavy atom. The molecule has 1 aliphatic rings. The molecule has 1 aliphatic heterocycles. The molecular weight excluding hydrogens is 359 g/mol. The molecule has 0 aliphatic carbocycles. The molecule has 0 fully saturated rings. The monoisotopic (exact) mass is 370 g/mol. The zero-order chi connectivity index (χ0) is 18.3. The molecule has 0 spiro atoms. The Morgan fingerprint density at radius 1 is 1.23 bits per heavy atom. The van der Waals surface area contributed by atoms with Gasteiger partial charge in [0, 0.05) is 27.8 Å². The molecule has 1 aromatic heterocycles. The first kappa shape index (κ1) is 16.2. The molecule has 1 N–H and O–H groups in total. The van der Waals surface area contributed by atoms with Gasteiger partial charge in [-0.15, -0.1) is 11.3 Å². The number of benzene rings is 2.